The molecule has 0 radical (unpaired) electrons. The largest absolute Gasteiger partial charge is 0.493 e. The number of oxime groups is 1. The number of carbonyl (C=O) groups is 1. The number of methoxy groups -OCH3 is 1. The standard InChI is InChI=1S/C17H20N4O4/c1-11(22)4-5-12-6-7-14(15(8-12)23-2)25-17-13(9-21-24-3)16(18)19-10-20-17/h6-10H,4-5H2,1-3H3,(H2,18,19,20)/b21-9-. The molecule has 0 atom stereocenters. The number of hydrogen-bond acceptors (Lipinski definition) is 8. The van der Waals surface area contributed by atoms with Crippen molar-refractivity contribution >= 4 is 17.8 Å². The topological polar surface area (TPSA) is 109 Å². The van der Waals surface area contributed by atoms with Gasteiger partial charge in [-0.2, -0.15) is 0 Å². The highest BCUT2D eigenvalue weighted by atomic mass is 16.6. The van der Waals surface area contributed by atoms with E-state index in [4.69, 9.17) is 15.2 Å². The normalized spacial score (nSPS) is 10.7. The second-order valence-corrected chi connectivity index (χ2v) is 5.18. The average molecular weight is 344 g/mol. The van der Waals surface area contributed by atoms with E-state index in [0.29, 0.717) is 29.9 Å². The molecule has 0 saturated heterocycles. The van der Waals surface area contributed by atoms with Crippen LogP contribution < -0.4 is 15.2 Å². The van der Waals surface area contributed by atoms with Gasteiger partial charge in [-0.05, 0) is 31.0 Å². The highest BCUT2D eigenvalue weighted by molar-refractivity contribution is 5.88. The van der Waals surface area contributed by atoms with Gasteiger partial charge in [0.2, 0.25) is 5.88 Å². The van der Waals surface area contributed by atoms with Gasteiger partial charge < -0.3 is 24.8 Å². The van der Waals surface area contributed by atoms with Crippen molar-refractivity contribution in [1.29, 1.82) is 0 Å². The quantitative estimate of drug-likeness (QED) is 0.578. The summed E-state index contributed by atoms with van der Waals surface area (Å²) in [7, 11) is 2.96. The molecule has 1 aromatic heterocycles. The van der Waals surface area contributed by atoms with Crippen molar-refractivity contribution in [3.05, 3.63) is 35.7 Å². The van der Waals surface area contributed by atoms with Gasteiger partial charge in [0.05, 0.1) is 13.3 Å². The number of anilines is 1. The molecule has 1 aromatic carbocycles. The van der Waals surface area contributed by atoms with E-state index in [0.717, 1.165) is 5.56 Å². The highest BCUT2D eigenvalue weighted by Crippen LogP contribution is 2.33. The first-order valence-electron chi connectivity index (χ1n) is 7.56. The Kier molecular flexibility index (Phi) is 6.27. The molecule has 8 heteroatoms. The predicted octanol–water partition coefficient (Wildman–Crippen LogP) is 2.36. The average Bonchev–Trinajstić information content (AvgIpc) is 2.60. The van der Waals surface area contributed by atoms with E-state index in [1.165, 1.54) is 19.7 Å². The molecular formula is C17H20N4O4. The SMILES string of the molecule is CO/N=C\c1c(N)ncnc1Oc1ccc(CCC(C)=O)cc1OC. The monoisotopic (exact) mass is 344 g/mol. The molecule has 0 unspecified atom stereocenters. The van der Waals surface area contributed by atoms with Gasteiger partial charge in [-0.3, -0.25) is 0 Å². The zero-order valence-corrected chi connectivity index (χ0v) is 14.4. The molecule has 0 aliphatic heterocycles. The van der Waals surface area contributed by atoms with Crippen LogP contribution in [0.15, 0.2) is 29.7 Å². The van der Waals surface area contributed by atoms with Crippen LogP contribution in [0.4, 0.5) is 5.82 Å². The molecule has 0 saturated carbocycles. The molecule has 0 amide bonds. The van der Waals surface area contributed by atoms with Crippen molar-refractivity contribution in [1.82, 2.24) is 9.97 Å². The van der Waals surface area contributed by atoms with Crippen molar-refractivity contribution in [2.24, 2.45) is 5.16 Å². The number of ketones is 1. The molecule has 132 valence electrons. The Labute approximate surface area is 145 Å². The van der Waals surface area contributed by atoms with E-state index in [1.807, 2.05) is 12.1 Å². The lowest BCUT2D eigenvalue weighted by Crippen LogP contribution is -2.03. The lowest BCUT2D eigenvalue weighted by Gasteiger charge is -2.13. The summed E-state index contributed by atoms with van der Waals surface area (Å²) in [6, 6.07) is 5.45. The molecule has 1 heterocycles. The number of carbonyl (C=O) groups excluding carboxylic acids is 1. The Morgan fingerprint density at radius 1 is 1.28 bits per heavy atom. The van der Waals surface area contributed by atoms with Gasteiger partial charge in [0.15, 0.2) is 11.5 Å². The van der Waals surface area contributed by atoms with Crippen LogP contribution in [0.1, 0.15) is 24.5 Å². The summed E-state index contributed by atoms with van der Waals surface area (Å²) in [5.74, 6) is 1.55. The molecular weight excluding hydrogens is 324 g/mol. The van der Waals surface area contributed by atoms with Crippen molar-refractivity contribution in [3.8, 4) is 17.4 Å². The molecule has 0 spiro atoms. The number of Topliss-reactive ketones (excluding diaryl/α,β-unsaturated/α-hetero) is 1. The van der Waals surface area contributed by atoms with E-state index in [2.05, 4.69) is 20.0 Å². The second-order valence-electron chi connectivity index (χ2n) is 5.18. The van der Waals surface area contributed by atoms with Gasteiger partial charge in [-0.25, -0.2) is 9.97 Å². The first-order valence-corrected chi connectivity index (χ1v) is 7.56. The van der Waals surface area contributed by atoms with E-state index < -0.39 is 0 Å². The summed E-state index contributed by atoms with van der Waals surface area (Å²) in [5, 5.41) is 3.67. The van der Waals surface area contributed by atoms with Crippen LogP contribution in [0.3, 0.4) is 0 Å². The Hall–Kier alpha value is -3.16. The van der Waals surface area contributed by atoms with Crippen LogP contribution >= 0.6 is 0 Å². The molecule has 2 rings (SSSR count). The summed E-state index contributed by atoms with van der Waals surface area (Å²) in [6.45, 7) is 1.57. The summed E-state index contributed by atoms with van der Waals surface area (Å²) in [5.41, 5.74) is 7.21. The molecule has 0 aliphatic rings. The number of hydrogen-bond donors (Lipinski definition) is 1. The van der Waals surface area contributed by atoms with Gasteiger partial charge >= 0.3 is 0 Å². The molecule has 25 heavy (non-hydrogen) atoms. The van der Waals surface area contributed by atoms with Crippen LogP contribution in [-0.2, 0) is 16.1 Å². The lowest BCUT2D eigenvalue weighted by molar-refractivity contribution is -0.116. The third-order valence-corrected chi connectivity index (χ3v) is 3.37. The van der Waals surface area contributed by atoms with Crippen molar-refractivity contribution < 1.29 is 19.1 Å². The smallest absolute Gasteiger partial charge is 0.233 e. The van der Waals surface area contributed by atoms with Crippen LogP contribution in [0, 0.1) is 0 Å². The van der Waals surface area contributed by atoms with E-state index in [1.54, 1.807) is 20.1 Å². The number of aryl methyl sites for hydroxylation is 1. The molecule has 2 aromatic rings. The predicted molar refractivity (Wildman–Crippen MR) is 93.1 cm³/mol. The third-order valence-electron chi connectivity index (χ3n) is 3.37. The Balaban J connectivity index is 2.29. The maximum absolute atomic E-state index is 11.1. The third kappa shape index (κ3) is 4.90. The Bertz CT molecular complexity index is 777. The summed E-state index contributed by atoms with van der Waals surface area (Å²) in [4.78, 5) is 23.8. The van der Waals surface area contributed by atoms with Crippen LogP contribution in [0.5, 0.6) is 17.4 Å². The first-order chi connectivity index (χ1) is 12.0. The number of aromatic nitrogens is 2. The molecule has 0 fully saturated rings. The van der Waals surface area contributed by atoms with Gasteiger partial charge in [-0.1, -0.05) is 11.2 Å². The zero-order chi connectivity index (χ0) is 18.2. The van der Waals surface area contributed by atoms with Crippen LogP contribution in [0.2, 0.25) is 0 Å². The van der Waals surface area contributed by atoms with Gasteiger partial charge in [0.25, 0.3) is 0 Å². The number of nitrogens with two attached hydrogens (primary N) is 1. The van der Waals surface area contributed by atoms with Crippen LogP contribution in [0.25, 0.3) is 0 Å². The Morgan fingerprint density at radius 3 is 2.76 bits per heavy atom. The Morgan fingerprint density at radius 2 is 2.08 bits per heavy atom. The minimum Gasteiger partial charge on any atom is -0.493 e. The maximum atomic E-state index is 11.1. The number of nitrogens with zero attached hydrogens (tertiary/aromatic N) is 3. The highest BCUT2D eigenvalue weighted by Gasteiger charge is 2.13. The summed E-state index contributed by atoms with van der Waals surface area (Å²) >= 11 is 0. The number of rotatable bonds is 8. The number of ether oxygens (including phenoxy) is 2. The fourth-order valence-electron chi connectivity index (χ4n) is 2.08. The maximum Gasteiger partial charge on any atom is 0.233 e. The molecule has 0 bridgehead atoms. The molecule has 0 aliphatic carbocycles. The second kappa shape index (κ2) is 8.62. The molecule has 8 nitrogen and oxygen atoms in total. The molecule has 2 N–H and O–H groups in total. The van der Waals surface area contributed by atoms with E-state index in [-0.39, 0.29) is 17.5 Å². The fourth-order valence-corrected chi connectivity index (χ4v) is 2.08. The lowest BCUT2D eigenvalue weighted by atomic mass is 10.1. The van der Waals surface area contributed by atoms with Crippen LogP contribution in [-0.4, -0.2) is 36.2 Å². The zero-order valence-electron chi connectivity index (χ0n) is 14.4. The van der Waals surface area contributed by atoms with E-state index >= 15 is 0 Å². The van der Waals surface area contributed by atoms with Gasteiger partial charge in [-0.15, -0.1) is 0 Å². The van der Waals surface area contributed by atoms with Gasteiger partial charge in [0.1, 0.15) is 30.6 Å². The van der Waals surface area contributed by atoms with Gasteiger partial charge in [0, 0.05) is 6.42 Å². The van der Waals surface area contributed by atoms with E-state index in [9.17, 15) is 4.79 Å². The number of nitrogen functional groups attached to an aromatic ring is 1. The minimum absolute atomic E-state index is 0.137. The van der Waals surface area contributed by atoms with Crippen molar-refractivity contribution in [2.45, 2.75) is 19.8 Å². The number of benzene rings is 1. The minimum atomic E-state index is 0.137. The van der Waals surface area contributed by atoms with Crippen molar-refractivity contribution in [3.63, 3.8) is 0 Å². The van der Waals surface area contributed by atoms with Crippen molar-refractivity contribution in [2.75, 3.05) is 20.0 Å². The fraction of sp³-hybridized carbons (Fsp3) is 0.294. The summed E-state index contributed by atoms with van der Waals surface area (Å²) < 4.78 is 11.2. The summed E-state index contributed by atoms with van der Waals surface area (Å²) in [6.07, 6.45) is 3.78. The first kappa shape index (κ1) is 18.2.